The van der Waals surface area contributed by atoms with Gasteiger partial charge in [0.2, 0.25) is 5.78 Å². The van der Waals surface area contributed by atoms with Crippen molar-refractivity contribution in [2.75, 3.05) is 20.8 Å². The lowest BCUT2D eigenvalue weighted by molar-refractivity contribution is 0.0477. The number of ether oxygens (including phenoxy) is 3. The van der Waals surface area contributed by atoms with Crippen LogP contribution < -0.4 is 9.47 Å². The predicted molar refractivity (Wildman–Crippen MR) is 106 cm³/mol. The number of Topliss-reactive ketones (excluding diaryl/α,β-unsaturated/α-hetero) is 1. The Labute approximate surface area is 170 Å². The third-order valence-electron chi connectivity index (χ3n) is 4.12. The zero-order valence-corrected chi connectivity index (χ0v) is 16.8. The third-order valence-corrected chi connectivity index (χ3v) is 5.30. The van der Waals surface area contributed by atoms with Crippen molar-refractivity contribution < 1.29 is 28.2 Å². The highest BCUT2D eigenvalue weighted by atomic mass is 32.1. The van der Waals surface area contributed by atoms with Crippen LogP contribution in [0, 0.1) is 12.7 Å². The average molecular weight is 415 g/mol. The first-order chi connectivity index (χ1) is 13.9. The lowest BCUT2D eigenvalue weighted by atomic mass is 10.1. The van der Waals surface area contributed by atoms with E-state index in [1.54, 1.807) is 37.3 Å². The van der Waals surface area contributed by atoms with Crippen molar-refractivity contribution in [2.45, 2.75) is 6.92 Å². The Morgan fingerprint density at radius 2 is 1.79 bits per heavy atom. The maximum Gasteiger partial charge on any atom is 0.350 e. The molecule has 8 heteroatoms. The normalized spacial score (nSPS) is 10.5. The van der Waals surface area contributed by atoms with Gasteiger partial charge in [-0.15, -0.1) is 11.3 Å². The number of rotatable bonds is 7. The van der Waals surface area contributed by atoms with E-state index in [0.717, 1.165) is 11.3 Å². The molecule has 0 bridgehead atoms. The number of benzene rings is 2. The van der Waals surface area contributed by atoms with Crippen molar-refractivity contribution in [3.05, 3.63) is 64.4 Å². The van der Waals surface area contributed by atoms with Crippen LogP contribution in [0.25, 0.3) is 10.6 Å². The first kappa shape index (κ1) is 20.5. The number of ketones is 1. The van der Waals surface area contributed by atoms with E-state index in [9.17, 15) is 14.0 Å². The molecule has 1 aromatic heterocycles. The Balaban J connectivity index is 1.71. The second kappa shape index (κ2) is 8.83. The van der Waals surface area contributed by atoms with Gasteiger partial charge < -0.3 is 14.2 Å². The van der Waals surface area contributed by atoms with E-state index in [0.29, 0.717) is 32.6 Å². The van der Waals surface area contributed by atoms with Crippen molar-refractivity contribution in [3.8, 4) is 22.1 Å². The molecule has 1 heterocycles. The fourth-order valence-electron chi connectivity index (χ4n) is 2.61. The average Bonchev–Trinajstić information content (AvgIpc) is 3.13. The Morgan fingerprint density at radius 3 is 2.45 bits per heavy atom. The number of hydrogen-bond acceptors (Lipinski definition) is 7. The number of halogens is 1. The molecular formula is C21H18FNO5S. The Morgan fingerprint density at radius 1 is 1.07 bits per heavy atom. The van der Waals surface area contributed by atoms with E-state index in [1.165, 1.54) is 26.4 Å². The molecule has 0 aliphatic carbocycles. The quantitative estimate of drug-likeness (QED) is 0.423. The van der Waals surface area contributed by atoms with E-state index in [1.807, 2.05) is 0 Å². The van der Waals surface area contributed by atoms with Crippen molar-refractivity contribution in [3.63, 3.8) is 0 Å². The number of thiazole rings is 1. The number of aryl methyl sites for hydroxylation is 1. The van der Waals surface area contributed by atoms with Gasteiger partial charge in [0, 0.05) is 11.6 Å². The summed E-state index contributed by atoms with van der Waals surface area (Å²) in [5, 5.41) is 0.567. The van der Waals surface area contributed by atoms with E-state index < -0.39 is 18.4 Å². The molecule has 0 aliphatic rings. The number of esters is 1. The van der Waals surface area contributed by atoms with Gasteiger partial charge >= 0.3 is 5.97 Å². The molecule has 3 aromatic rings. The number of nitrogens with zero attached hydrogens (tertiary/aromatic N) is 1. The molecule has 3 rings (SSSR count). The Bertz CT molecular complexity index is 1050. The van der Waals surface area contributed by atoms with E-state index in [-0.39, 0.29) is 11.4 Å². The van der Waals surface area contributed by atoms with E-state index >= 15 is 0 Å². The van der Waals surface area contributed by atoms with Gasteiger partial charge in [-0.05, 0) is 43.3 Å². The number of aromatic nitrogens is 1. The maximum atomic E-state index is 13.1. The smallest absolute Gasteiger partial charge is 0.350 e. The standard InChI is InChI=1S/C21H18FNO5S/c1-12-19(29-20(23-12)13-4-6-14(22)7-5-13)21(25)28-11-17(24)16-9-8-15(26-2)10-18(16)27-3/h4-10H,11H2,1-3H3. The number of hydrogen-bond donors (Lipinski definition) is 0. The molecule has 0 atom stereocenters. The molecule has 150 valence electrons. The monoisotopic (exact) mass is 415 g/mol. The summed E-state index contributed by atoms with van der Waals surface area (Å²) in [7, 11) is 2.95. The summed E-state index contributed by atoms with van der Waals surface area (Å²) in [5.74, 6) is -0.524. The molecule has 6 nitrogen and oxygen atoms in total. The van der Waals surface area contributed by atoms with Gasteiger partial charge in [0.05, 0.1) is 25.5 Å². The highest BCUT2D eigenvalue weighted by Gasteiger charge is 2.20. The molecule has 0 amide bonds. The number of methoxy groups -OCH3 is 2. The van der Waals surface area contributed by atoms with Crippen molar-refractivity contribution in [2.24, 2.45) is 0 Å². The molecule has 0 spiro atoms. The zero-order chi connectivity index (χ0) is 21.0. The van der Waals surface area contributed by atoms with Gasteiger partial charge in [-0.1, -0.05) is 0 Å². The summed E-state index contributed by atoms with van der Waals surface area (Å²) in [6.07, 6.45) is 0. The summed E-state index contributed by atoms with van der Waals surface area (Å²) >= 11 is 1.13. The molecule has 0 aliphatic heterocycles. The molecule has 0 N–H and O–H groups in total. The van der Waals surface area contributed by atoms with Crippen LogP contribution in [0.5, 0.6) is 11.5 Å². The zero-order valence-electron chi connectivity index (χ0n) is 16.0. The van der Waals surface area contributed by atoms with Crippen LogP contribution in [0.2, 0.25) is 0 Å². The topological polar surface area (TPSA) is 74.7 Å². The Hall–Kier alpha value is -3.26. The Kier molecular flexibility index (Phi) is 6.23. The highest BCUT2D eigenvalue weighted by molar-refractivity contribution is 7.17. The van der Waals surface area contributed by atoms with Crippen LogP contribution in [-0.2, 0) is 4.74 Å². The summed E-state index contributed by atoms with van der Waals surface area (Å²) < 4.78 is 28.6. The van der Waals surface area contributed by atoms with Gasteiger partial charge in [0.1, 0.15) is 27.2 Å². The lowest BCUT2D eigenvalue weighted by Crippen LogP contribution is -2.15. The van der Waals surface area contributed by atoms with Gasteiger partial charge in [-0.3, -0.25) is 4.79 Å². The molecule has 0 saturated heterocycles. The summed E-state index contributed by atoms with van der Waals surface area (Å²) in [5.41, 5.74) is 1.46. The van der Waals surface area contributed by atoms with Gasteiger partial charge in [-0.2, -0.15) is 0 Å². The summed E-state index contributed by atoms with van der Waals surface area (Å²) in [6, 6.07) is 10.6. The van der Waals surface area contributed by atoms with E-state index in [4.69, 9.17) is 14.2 Å². The largest absolute Gasteiger partial charge is 0.497 e. The maximum absolute atomic E-state index is 13.1. The summed E-state index contributed by atoms with van der Waals surface area (Å²) in [4.78, 5) is 29.5. The van der Waals surface area contributed by atoms with Gasteiger partial charge in [0.25, 0.3) is 0 Å². The van der Waals surface area contributed by atoms with Gasteiger partial charge in [-0.25, -0.2) is 14.2 Å². The second-order valence-corrected chi connectivity index (χ2v) is 7.01. The second-order valence-electron chi connectivity index (χ2n) is 6.01. The molecule has 0 unspecified atom stereocenters. The number of carbonyl (C=O) groups excluding carboxylic acids is 2. The minimum atomic E-state index is -0.644. The molecule has 0 radical (unpaired) electrons. The van der Waals surface area contributed by atoms with Crippen LogP contribution in [0.15, 0.2) is 42.5 Å². The molecule has 0 saturated carbocycles. The van der Waals surface area contributed by atoms with Crippen molar-refractivity contribution in [1.82, 2.24) is 4.98 Å². The predicted octanol–water partition coefficient (Wildman–Crippen LogP) is 4.31. The highest BCUT2D eigenvalue weighted by Crippen LogP contribution is 2.29. The first-order valence-electron chi connectivity index (χ1n) is 8.58. The molecule has 29 heavy (non-hydrogen) atoms. The summed E-state index contributed by atoms with van der Waals surface area (Å²) in [6.45, 7) is 1.24. The fraction of sp³-hybridized carbons (Fsp3) is 0.190. The van der Waals surface area contributed by atoms with Crippen LogP contribution in [0.4, 0.5) is 4.39 Å². The van der Waals surface area contributed by atoms with Crippen LogP contribution in [0.1, 0.15) is 25.7 Å². The third kappa shape index (κ3) is 4.60. The minimum absolute atomic E-state index is 0.286. The lowest BCUT2D eigenvalue weighted by Gasteiger charge is -2.09. The fourth-order valence-corrected chi connectivity index (χ4v) is 3.57. The number of carbonyl (C=O) groups is 2. The van der Waals surface area contributed by atoms with Crippen LogP contribution >= 0.6 is 11.3 Å². The van der Waals surface area contributed by atoms with Crippen molar-refractivity contribution >= 4 is 23.1 Å². The first-order valence-corrected chi connectivity index (χ1v) is 9.40. The van der Waals surface area contributed by atoms with Crippen LogP contribution in [0.3, 0.4) is 0 Å². The minimum Gasteiger partial charge on any atom is -0.497 e. The molecule has 2 aromatic carbocycles. The molecular weight excluding hydrogens is 397 g/mol. The van der Waals surface area contributed by atoms with E-state index in [2.05, 4.69) is 4.98 Å². The SMILES string of the molecule is COc1ccc(C(=O)COC(=O)c2sc(-c3ccc(F)cc3)nc2C)c(OC)c1. The van der Waals surface area contributed by atoms with Gasteiger partial charge in [0.15, 0.2) is 6.61 Å². The van der Waals surface area contributed by atoms with Crippen molar-refractivity contribution in [1.29, 1.82) is 0 Å². The molecule has 0 fully saturated rings. The van der Waals surface area contributed by atoms with Crippen LogP contribution in [-0.4, -0.2) is 37.6 Å².